The summed E-state index contributed by atoms with van der Waals surface area (Å²) >= 11 is 5.85. The molecule has 0 radical (unpaired) electrons. The third-order valence-corrected chi connectivity index (χ3v) is 2.98. The van der Waals surface area contributed by atoms with Crippen molar-refractivity contribution < 1.29 is 0 Å². The molecule has 0 N–H and O–H groups in total. The Morgan fingerprint density at radius 3 is 3.00 bits per heavy atom. The normalized spacial score (nSPS) is 21.9. The monoisotopic (exact) mass is 207 g/mol. The summed E-state index contributed by atoms with van der Waals surface area (Å²) in [4.78, 5) is 3.99. The molecule has 1 aromatic heterocycles. The first-order valence-corrected chi connectivity index (χ1v) is 5.44. The Labute approximate surface area is 89.8 Å². The molecule has 0 unspecified atom stereocenters. The standard InChI is InChI=1S/C12H14ClN/c1-9-2-4-10(5-3-9)11-6-7-14-12(13)8-11/h4,6-9H,2-3,5H2,1H3/t9-/m0/s1. The molecule has 14 heavy (non-hydrogen) atoms. The lowest BCUT2D eigenvalue weighted by molar-refractivity contribution is 0.534. The van der Waals surface area contributed by atoms with Crippen LogP contribution in [0.3, 0.4) is 0 Å². The highest BCUT2D eigenvalue weighted by molar-refractivity contribution is 6.29. The van der Waals surface area contributed by atoms with Gasteiger partial charge in [0.15, 0.2) is 0 Å². The summed E-state index contributed by atoms with van der Waals surface area (Å²) in [5.41, 5.74) is 2.66. The lowest BCUT2D eigenvalue weighted by Gasteiger charge is -2.18. The molecule has 1 atom stereocenters. The zero-order valence-corrected chi connectivity index (χ0v) is 9.09. The van der Waals surface area contributed by atoms with Crippen molar-refractivity contribution in [2.45, 2.75) is 26.2 Å². The topological polar surface area (TPSA) is 12.9 Å². The number of hydrogen-bond donors (Lipinski definition) is 0. The van der Waals surface area contributed by atoms with Crippen molar-refractivity contribution in [3.8, 4) is 0 Å². The number of halogens is 1. The molecule has 1 aromatic rings. The zero-order valence-electron chi connectivity index (χ0n) is 8.33. The van der Waals surface area contributed by atoms with Gasteiger partial charge in [-0.25, -0.2) is 4.98 Å². The minimum absolute atomic E-state index is 0.585. The average molecular weight is 208 g/mol. The van der Waals surface area contributed by atoms with E-state index in [4.69, 9.17) is 11.6 Å². The van der Waals surface area contributed by atoms with Gasteiger partial charge in [-0.2, -0.15) is 0 Å². The summed E-state index contributed by atoms with van der Waals surface area (Å²) in [6.45, 7) is 2.30. The lowest BCUT2D eigenvalue weighted by atomic mass is 9.88. The van der Waals surface area contributed by atoms with Gasteiger partial charge in [-0.15, -0.1) is 0 Å². The number of rotatable bonds is 1. The molecular weight excluding hydrogens is 194 g/mol. The van der Waals surface area contributed by atoms with E-state index in [2.05, 4.69) is 18.0 Å². The second-order valence-electron chi connectivity index (χ2n) is 3.98. The Bertz CT molecular complexity index is 357. The van der Waals surface area contributed by atoms with Gasteiger partial charge in [0.25, 0.3) is 0 Å². The molecule has 0 amide bonds. The van der Waals surface area contributed by atoms with Crippen LogP contribution in [-0.4, -0.2) is 4.98 Å². The number of aromatic nitrogens is 1. The number of pyridine rings is 1. The van der Waals surface area contributed by atoms with Gasteiger partial charge in [-0.05, 0) is 48.4 Å². The van der Waals surface area contributed by atoms with Crippen LogP contribution in [0.2, 0.25) is 5.15 Å². The summed E-state index contributed by atoms with van der Waals surface area (Å²) in [6, 6.07) is 3.98. The number of nitrogens with zero attached hydrogens (tertiary/aromatic N) is 1. The van der Waals surface area contributed by atoms with E-state index in [1.54, 1.807) is 6.20 Å². The molecule has 0 saturated carbocycles. The zero-order chi connectivity index (χ0) is 9.97. The maximum absolute atomic E-state index is 5.85. The second-order valence-corrected chi connectivity index (χ2v) is 4.36. The summed E-state index contributed by atoms with van der Waals surface area (Å²) in [6.07, 6.45) is 7.75. The minimum Gasteiger partial charge on any atom is -0.245 e. The largest absolute Gasteiger partial charge is 0.245 e. The third kappa shape index (κ3) is 2.16. The molecule has 0 aromatic carbocycles. The van der Waals surface area contributed by atoms with Gasteiger partial charge in [0.2, 0.25) is 0 Å². The van der Waals surface area contributed by atoms with Crippen molar-refractivity contribution in [1.82, 2.24) is 4.98 Å². The molecule has 0 spiro atoms. The van der Waals surface area contributed by atoms with Gasteiger partial charge in [-0.1, -0.05) is 24.6 Å². The molecule has 1 aliphatic carbocycles. The SMILES string of the molecule is C[C@H]1CC=C(c2ccnc(Cl)c2)CC1. The van der Waals surface area contributed by atoms with Crippen LogP contribution >= 0.6 is 11.6 Å². The molecule has 0 saturated heterocycles. The molecule has 0 aliphatic heterocycles. The quantitative estimate of drug-likeness (QED) is 0.636. The molecule has 1 aliphatic rings. The van der Waals surface area contributed by atoms with E-state index in [1.807, 2.05) is 12.1 Å². The first-order chi connectivity index (χ1) is 6.75. The van der Waals surface area contributed by atoms with Crippen LogP contribution in [0.15, 0.2) is 24.4 Å². The highest BCUT2D eigenvalue weighted by Crippen LogP contribution is 2.30. The van der Waals surface area contributed by atoms with Crippen LogP contribution in [0.25, 0.3) is 5.57 Å². The number of allylic oxidation sites excluding steroid dienone is 2. The van der Waals surface area contributed by atoms with Crippen LogP contribution in [0.4, 0.5) is 0 Å². The van der Waals surface area contributed by atoms with Crippen LogP contribution in [0.1, 0.15) is 31.7 Å². The highest BCUT2D eigenvalue weighted by Gasteiger charge is 2.11. The van der Waals surface area contributed by atoms with Gasteiger partial charge in [0.05, 0.1) is 0 Å². The van der Waals surface area contributed by atoms with Crippen molar-refractivity contribution in [2.75, 3.05) is 0 Å². The van der Waals surface area contributed by atoms with E-state index in [9.17, 15) is 0 Å². The van der Waals surface area contributed by atoms with Gasteiger partial charge in [0, 0.05) is 6.20 Å². The van der Waals surface area contributed by atoms with Crippen molar-refractivity contribution in [2.24, 2.45) is 5.92 Å². The van der Waals surface area contributed by atoms with Crippen molar-refractivity contribution >= 4 is 17.2 Å². The minimum atomic E-state index is 0.585. The van der Waals surface area contributed by atoms with Gasteiger partial charge in [-0.3, -0.25) is 0 Å². The Kier molecular flexibility index (Phi) is 2.87. The Morgan fingerprint density at radius 1 is 1.50 bits per heavy atom. The van der Waals surface area contributed by atoms with Crippen molar-refractivity contribution in [3.63, 3.8) is 0 Å². The van der Waals surface area contributed by atoms with Gasteiger partial charge < -0.3 is 0 Å². The highest BCUT2D eigenvalue weighted by atomic mass is 35.5. The van der Waals surface area contributed by atoms with E-state index in [0.29, 0.717) is 5.15 Å². The summed E-state index contributed by atoms with van der Waals surface area (Å²) in [5, 5.41) is 0.585. The predicted octanol–water partition coefficient (Wildman–Crippen LogP) is 3.94. The van der Waals surface area contributed by atoms with Gasteiger partial charge >= 0.3 is 0 Å². The van der Waals surface area contributed by atoms with E-state index in [0.717, 1.165) is 5.92 Å². The fourth-order valence-corrected chi connectivity index (χ4v) is 2.00. The summed E-state index contributed by atoms with van der Waals surface area (Å²) in [7, 11) is 0. The molecule has 2 rings (SSSR count). The van der Waals surface area contributed by atoms with Crippen LogP contribution < -0.4 is 0 Å². The first-order valence-electron chi connectivity index (χ1n) is 5.06. The second kappa shape index (κ2) is 4.14. The fourth-order valence-electron chi connectivity index (χ4n) is 1.83. The lowest BCUT2D eigenvalue weighted by Crippen LogP contribution is -2.00. The maximum atomic E-state index is 5.85. The molecule has 0 fully saturated rings. The van der Waals surface area contributed by atoms with Gasteiger partial charge in [0.1, 0.15) is 5.15 Å². The predicted molar refractivity (Wildman–Crippen MR) is 60.2 cm³/mol. The smallest absolute Gasteiger partial charge is 0.129 e. The first kappa shape index (κ1) is 9.72. The number of hydrogen-bond acceptors (Lipinski definition) is 1. The Morgan fingerprint density at radius 2 is 2.36 bits per heavy atom. The van der Waals surface area contributed by atoms with Crippen molar-refractivity contribution in [1.29, 1.82) is 0 Å². The summed E-state index contributed by atoms with van der Waals surface area (Å²) in [5.74, 6) is 0.830. The van der Waals surface area contributed by atoms with Crippen LogP contribution in [-0.2, 0) is 0 Å². The summed E-state index contributed by atoms with van der Waals surface area (Å²) < 4.78 is 0. The van der Waals surface area contributed by atoms with Crippen LogP contribution in [0, 0.1) is 5.92 Å². The van der Waals surface area contributed by atoms with Crippen LogP contribution in [0.5, 0.6) is 0 Å². The molecule has 74 valence electrons. The molecule has 2 heteroatoms. The molecule has 0 bridgehead atoms. The van der Waals surface area contributed by atoms with Crippen molar-refractivity contribution in [3.05, 3.63) is 35.1 Å². The van der Waals surface area contributed by atoms with E-state index < -0.39 is 0 Å². The Balaban J connectivity index is 2.23. The van der Waals surface area contributed by atoms with E-state index in [1.165, 1.54) is 30.4 Å². The molecule has 1 nitrogen and oxygen atoms in total. The maximum Gasteiger partial charge on any atom is 0.129 e. The molecular formula is C12H14ClN. The Hall–Kier alpha value is -0.820. The fraction of sp³-hybridized carbons (Fsp3) is 0.417. The van der Waals surface area contributed by atoms with E-state index >= 15 is 0 Å². The third-order valence-electron chi connectivity index (χ3n) is 2.77. The molecule has 1 heterocycles. The average Bonchev–Trinajstić information content (AvgIpc) is 2.19. The van der Waals surface area contributed by atoms with E-state index in [-0.39, 0.29) is 0 Å².